The Balaban J connectivity index is 2.23. The first-order chi connectivity index (χ1) is 17.7. The Morgan fingerprint density at radius 3 is 2.51 bits per heavy atom. The number of aliphatic hydroxyl groups is 1. The van der Waals surface area contributed by atoms with Gasteiger partial charge in [0, 0.05) is 36.5 Å². The van der Waals surface area contributed by atoms with Gasteiger partial charge in [-0.3, -0.25) is 4.90 Å². The number of hydrogen-bond acceptors (Lipinski definition) is 5. The largest absolute Gasteiger partial charge is 0.508 e. The molecular weight excluding hydrogens is 484 g/mol. The highest BCUT2D eigenvalue weighted by Crippen LogP contribution is 2.37. The fourth-order valence-corrected chi connectivity index (χ4v) is 4.87. The second kappa shape index (κ2) is 15.6. The molecule has 37 heavy (non-hydrogen) atoms. The first-order valence-electron chi connectivity index (χ1n) is 12.9. The lowest BCUT2D eigenvalue weighted by Gasteiger charge is -2.40. The van der Waals surface area contributed by atoms with Gasteiger partial charge in [-0.25, -0.2) is 5.90 Å². The Kier molecular flexibility index (Phi) is 12.9. The number of likely N-dealkylation sites (tertiary alicyclic amines) is 1. The van der Waals surface area contributed by atoms with Crippen molar-refractivity contribution in [3.05, 3.63) is 108 Å². The molecule has 0 bridgehead atoms. The van der Waals surface area contributed by atoms with Crippen molar-refractivity contribution in [1.82, 2.24) is 4.90 Å². The summed E-state index contributed by atoms with van der Waals surface area (Å²) < 4.78 is 6.22. The molecule has 0 aromatic carbocycles. The van der Waals surface area contributed by atoms with Crippen molar-refractivity contribution in [2.24, 2.45) is 23.7 Å². The van der Waals surface area contributed by atoms with E-state index < -0.39 is 6.10 Å². The van der Waals surface area contributed by atoms with E-state index in [1.807, 2.05) is 37.3 Å². The van der Waals surface area contributed by atoms with Crippen LogP contribution in [0.4, 0.5) is 0 Å². The third kappa shape index (κ3) is 9.35. The molecule has 2 rings (SSSR count). The lowest BCUT2D eigenvalue weighted by Crippen LogP contribution is -2.52. The SMILES string of the molecule is C=C/C=C(C(=C)[C@@H](C/C=C\C(=C/C=C)OC1CN(CC(C)C)C1)C(ON)[C@H]1C=CC(O)=CC1)\C(Cl)=C/C. The van der Waals surface area contributed by atoms with Crippen molar-refractivity contribution in [3.63, 3.8) is 0 Å². The van der Waals surface area contributed by atoms with Crippen LogP contribution in [0.15, 0.2) is 108 Å². The zero-order valence-electron chi connectivity index (χ0n) is 22.5. The molecule has 3 atom stereocenters. The van der Waals surface area contributed by atoms with E-state index in [1.165, 1.54) is 0 Å². The molecule has 3 N–H and O–H groups in total. The standard InChI is InChI=1S/C31H43ClN2O3/c1-7-11-26(36-27-20-34(21-27)19-22(4)5)13-10-14-29(23(6)28(12-8-2)30(32)9-3)31(37-33)24-15-17-25(35)18-16-24/h7-13,15,17-18,22,24,27,29,31,35H,1-2,6,14,16,19-21,33H2,3-5H3/b13-10-,26-11+,28-12-,30-9+/t24-,29+,31?/m0/s1. The predicted octanol–water partition coefficient (Wildman–Crippen LogP) is 7.06. The van der Waals surface area contributed by atoms with Crippen LogP contribution in [-0.4, -0.2) is 41.8 Å². The lowest BCUT2D eigenvalue weighted by molar-refractivity contribution is -0.0225. The molecule has 1 heterocycles. The highest BCUT2D eigenvalue weighted by atomic mass is 35.5. The van der Waals surface area contributed by atoms with Crippen LogP contribution in [0, 0.1) is 17.8 Å². The lowest BCUT2D eigenvalue weighted by atomic mass is 9.78. The maximum Gasteiger partial charge on any atom is 0.124 e. The average molecular weight is 527 g/mol. The van der Waals surface area contributed by atoms with Gasteiger partial charge in [0.15, 0.2) is 0 Å². The average Bonchev–Trinajstić information content (AvgIpc) is 2.85. The minimum atomic E-state index is -0.392. The van der Waals surface area contributed by atoms with Crippen molar-refractivity contribution in [2.75, 3.05) is 19.6 Å². The first kappa shape index (κ1) is 30.7. The number of rotatable bonds is 15. The number of nitrogens with zero attached hydrogens (tertiary/aromatic N) is 1. The zero-order valence-corrected chi connectivity index (χ0v) is 23.2. The highest BCUT2D eigenvalue weighted by molar-refractivity contribution is 6.32. The minimum absolute atomic E-state index is 0.0354. The molecule has 0 radical (unpaired) electrons. The third-order valence-electron chi connectivity index (χ3n) is 6.48. The maximum absolute atomic E-state index is 9.80. The molecule has 6 heteroatoms. The topological polar surface area (TPSA) is 68.0 Å². The number of aliphatic hydroxyl groups excluding tert-OH is 1. The van der Waals surface area contributed by atoms with Crippen molar-refractivity contribution in [1.29, 1.82) is 0 Å². The maximum atomic E-state index is 9.80. The Morgan fingerprint density at radius 1 is 1.27 bits per heavy atom. The van der Waals surface area contributed by atoms with E-state index in [9.17, 15) is 5.11 Å². The van der Waals surface area contributed by atoms with Crippen LogP contribution >= 0.6 is 11.6 Å². The molecule has 2 aliphatic rings. The normalized spacial score (nSPS) is 21.5. The summed E-state index contributed by atoms with van der Waals surface area (Å²) in [4.78, 5) is 7.95. The van der Waals surface area contributed by atoms with Crippen LogP contribution in [0.5, 0.6) is 0 Å². The van der Waals surface area contributed by atoms with E-state index in [1.54, 1.807) is 24.3 Å². The summed E-state index contributed by atoms with van der Waals surface area (Å²) in [6.07, 6.45) is 19.3. The molecule has 1 fully saturated rings. The molecular formula is C31H43ClN2O3. The Morgan fingerprint density at radius 2 is 1.97 bits per heavy atom. The van der Waals surface area contributed by atoms with Gasteiger partial charge in [-0.05, 0) is 61.1 Å². The van der Waals surface area contributed by atoms with Crippen molar-refractivity contribution < 1.29 is 14.7 Å². The molecule has 0 saturated carbocycles. The monoisotopic (exact) mass is 526 g/mol. The van der Waals surface area contributed by atoms with Crippen LogP contribution in [0.3, 0.4) is 0 Å². The van der Waals surface area contributed by atoms with Gasteiger partial charge in [-0.2, -0.15) is 0 Å². The number of halogens is 1. The molecule has 1 aliphatic heterocycles. The fraction of sp³-hybridized carbons (Fsp3) is 0.419. The molecule has 0 aromatic heterocycles. The van der Waals surface area contributed by atoms with E-state index in [2.05, 4.69) is 44.6 Å². The zero-order chi connectivity index (χ0) is 27.4. The smallest absolute Gasteiger partial charge is 0.124 e. The summed E-state index contributed by atoms with van der Waals surface area (Å²) in [5.41, 5.74) is 1.59. The molecule has 202 valence electrons. The van der Waals surface area contributed by atoms with Crippen molar-refractivity contribution >= 4 is 11.6 Å². The molecule has 1 unspecified atom stereocenters. The van der Waals surface area contributed by atoms with Gasteiger partial charge in [-0.15, -0.1) is 0 Å². The molecule has 0 spiro atoms. The van der Waals surface area contributed by atoms with Crippen LogP contribution in [-0.2, 0) is 9.57 Å². The van der Waals surface area contributed by atoms with E-state index in [4.69, 9.17) is 27.1 Å². The predicted molar refractivity (Wildman–Crippen MR) is 156 cm³/mol. The van der Waals surface area contributed by atoms with E-state index in [-0.39, 0.29) is 23.7 Å². The van der Waals surface area contributed by atoms with E-state index in [0.717, 1.165) is 36.5 Å². The van der Waals surface area contributed by atoms with Crippen molar-refractivity contribution in [2.45, 2.75) is 45.8 Å². The van der Waals surface area contributed by atoms with Crippen molar-refractivity contribution in [3.8, 4) is 0 Å². The highest BCUT2D eigenvalue weighted by Gasteiger charge is 2.32. The summed E-state index contributed by atoms with van der Waals surface area (Å²) in [7, 11) is 0. The Labute approximate surface area is 228 Å². The van der Waals surface area contributed by atoms with Gasteiger partial charge in [0.05, 0.1) is 6.10 Å². The second-order valence-corrected chi connectivity index (χ2v) is 10.3. The molecule has 0 amide bonds. The van der Waals surface area contributed by atoms with Gasteiger partial charge in [0.2, 0.25) is 0 Å². The Hall–Kier alpha value is -2.57. The number of hydrogen-bond donors (Lipinski definition) is 2. The summed E-state index contributed by atoms with van der Waals surface area (Å²) in [5, 5.41) is 10.4. The van der Waals surface area contributed by atoms with E-state index >= 15 is 0 Å². The third-order valence-corrected chi connectivity index (χ3v) is 6.90. The fourth-order valence-electron chi connectivity index (χ4n) is 4.69. The summed E-state index contributed by atoms with van der Waals surface area (Å²) in [6.45, 7) is 21.3. The van der Waals surface area contributed by atoms with Crippen LogP contribution in [0.1, 0.15) is 33.6 Å². The summed E-state index contributed by atoms with van der Waals surface area (Å²) in [5.74, 6) is 7.27. The van der Waals surface area contributed by atoms with Crippen LogP contribution < -0.4 is 5.90 Å². The Bertz CT molecular complexity index is 980. The quantitative estimate of drug-likeness (QED) is 0.136. The number of allylic oxidation sites excluding steroid dienone is 11. The summed E-state index contributed by atoms with van der Waals surface area (Å²) in [6, 6.07) is 0. The molecule has 1 aliphatic carbocycles. The van der Waals surface area contributed by atoms with Gasteiger partial charge in [-0.1, -0.05) is 81.6 Å². The van der Waals surface area contributed by atoms with E-state index in [0.29, 0.717) is 23.8 Å². The van der Waals surface area contributed by atoms with Gasteiger partial charge in [0.25, 0.3) is 0 Å². The molecule has 5 nitrogen and oxygen atoms in total. The number of ether oxygens (including phenoxy) is 1. The van der Waals surface area contributed by atoms with Gasteiger partial charge in [0.1, 0.15) is 17.6 Å². The first-order valence-corrected chi connectivity index (χ1v) is 13.3. The molecule has 0 aromatic rings. The van der Waals surface area contributed by atoms with Crippen LogP contribution in [0.2, 0.25) is 0 Å². The second-order valence-electron chi connectivity index (χ2n) is 9.87. The van der Waals surface area contributed by atoms with Gasteiger partial charge < -0.3 is 14.7 Å². The van der Waals surface area contributed by atoms with Gasteiger partial charge >= 0.3 is 0 Å². The minimum Gasteiger partial charge on any atom is -0.508 e. The molecule has 1 saturated heterocycles. The van der Waals surface area contributed by atoms with Crippen LogP contribution in [0.25, 0.3) is 0 Å². The number of nitrogens with two attached hydrogens (primary N) is 1. The summed E-state index contributed by atoms with van der Waals surface area (Å²) >= 11 is 6.54.